The number of hydrogen-bond acceptors (Lipinski definition) is 3. The van der Waals surface area contributed by atoms with Gasteiger partial charge in [-0.05, 0) is 30.5 Å². The van der Waals surface area contributed by atoms with Crippen molar-refractivity contribution in [3.8, 4) is 0 Å². The predicted molar refractivity (Wildman–Crippen MR) is 75.4 cm³/mol. The number of rotatable bonds is 2. The van der Waals surface area contributed by atoms with Gasteiger partial charge in [0.15, 0.2) is 0 Å². The van der Waals surface area contributed by atoms with Crippen LogP contribution in [0, 0.1) is 0 Å². The standard InChI is InChI=1S/C15H19N3O/c1-16-15(19)12-7-5-11(6-8-12)13-10-18-9-3-2-4-14(18)17-13/h5-8,13H,2-4,9-10H2,1H3,(H,16,19). The molecule has 0 radical (unpaired) electrons. The maximum absolute atomic E-state index is 11.5. The quantitative estimate of drug-likeness (QED) is 0.880. The van der Waals surface area contributed by atoms with Crippen LogP contribution in [-0.4, -0.2) is 36.8 Å². The summed E-state index contributed by atoms with van der Waals surface area (Å²) in [5.74, 6) is 1.23. The van der Waals surface area contributed by atoms with Crippen molar-refractivity contribution >= 4 is 11.7 Å². The topological polar surface area (TPSA) is 44.7 Å². The number of benzene rings is 1. The van der Waals surface area contributed by atoms with Gasteiger partial charge in [-0.25, -0.2) is 0 Å². The van der Waals surface area contributed by atoms with Crippen LogP contribution in [0.15, 0.2) is 29.3 Å². The predicted octanol–water partition coefficient (Wildman–Crippen LogP) is 1.99. The van der Waals surface area contributed by atoms with Crippen molar-refractivity contribution in [2.75, 3.05) is 20.1 Å². The highest BCUT2D eigenvalue weighted by atomic mass is 16.1. The lowest BCUT2D eigenvalue weighted by atomic mass is 10.0. The Labute approximate surface area is 113 Å². The highest BCUT2D eigenvalue weighted by Crippen LogP contribution is 2.29. The van der Waals surface area contributed by atoms with Crippen LogP contribution < -0.4 is 5.32 Å². The van der Waals surface area contributed by atoms with Crippen LogP contribution in [-0.2, 0) is 0 Å². The molecule has 1 atom stereocenters. The Bertz CT molecular complexity index is 507. The van der Waals surface area contributed by atoms with Crippen molar-refractivity contribution in [3.05, 3.63) is 35.4 Å². The van der Waals surface area contributed by atoms with Crippen molar-refractivity contribution in [2.45, 2.75) is 25.3 Å². The van der Waals surface area contributed by atoms with E-state index in [1.807, 2.05) is 24.3 Å². The van der Waals surface area contributed by atoms with E-state index < -0.39 is 0 Å². The second kappa shape index (κ2) is 5.03. The molecule has 100 valence electrons. The summed E-state index contributed by atoms with van der Waals surface area (Å²) < 4.78 is 0. The molecule has 2 heterocycles. The number of fused-ring (bicyclic) bond motifs is 1. The summed E-state index contributed by atoms with van der Waals surface area (Å²) >= 11 is 0. The molecule has 1 amide bonds. The lowest BCUT2D eigenvalue weighted by Crippen LogP contribution is -2.32. The van der Waals surface area contributed by atoms with Gasteiger partial charge in [0.1, 0.15) is 0 Å². The third kappa shape index (κ3) is 2.35. The van der Waals surface area contributed by atoms with Crippen molar-refractivity contribution in [1.29, 1.82) is 0 Å². The molecule has 1 aromatic rings. The minimum absolute atomic E-state index is 0.0401. The average molecular weight is 257 g/mol. The van der Waals surface area contributed by atoms with Gasteiger partial charge in [0, 0.05) is 32.1 Å². The maximum Gasteiger partial charge on any atom is 0.251 e. The first-order chi connectivity index (χ1) is 9.28. The Hall–Kier alpha value is -1.84. The van der Waals surface area contributed by atoms with Crippen molar-refractivity contribution in [3.63, 3.8) is 0 Å². The van der Waals surface area contributed by atoms with Crippen LogP contribution in [0.1, 0.15) is 41.2 Å². The summed E-state index contributed by atoms with van der Waals surface area (Å²) in [4.78, 5) is 18.7. The van der Waals surface area contributed by atoms with Gasteiger partial charge >= 0.3 is 0 Å². The van der Waals surface area contributed by atoms with Crippen molar-refractivity contribution < 1.29 is 4.79 Å². The molecule has 1 unspecified atom stereocenters. The Kier molecular flexibility index (Phi) is 3.23. The van der Waals surface area contributed by atoms with Crippen LogP contribution >= 0.6 is 0 Å². The van der Waals surface area contributed by atoms with Crippen molar-refractivity contribution in [2.24, 2.45) is 4.99 Å². The number of aliphatic imine (C=N–C) groups is 1. The molecule has 0 bridgehead atoms. The molecule has 1 aromatic carbocycles. The summed E-state index contributed by atoms with van der Waals surface area (Å²) in [5, 5.41) is 2.64. The Morgan fingerprint density at radius 3 is 2.79 bits per heavy atom. The molecule has 4 heteroatoms. The monoisotopic (exact) mass is 257 g/mol. The van der Waals surface area contributed by atoms with Gasteiger partial charge < -0.3 is 10.2 Å². The van der Waals surface area contributed by atoms with Gasteiger partial charge in [-0.3, -0.25) is 9.79 Å². The minimum atomic E-state index is -0.0401. The van der Waals surface area contributed by atoms with Gasteiger partial charge in [-0.15, -0.1) is 0 Å². The first-order valence-electron chi connectivity index (χ1n) is 6.91. The Balaban J connectivity index is 1.76. The fourth-order valence-electron chi connectivity index (χ4n) is 2.83. The van der Waals surface area contributed by atoms with Crippen LogP contribution in [0.5, 0.6) is 0 Å². The number of carbonyl (C=O) groups excluding carboxylic acids is 1. The van der Waals surface area contributed by atoms with E-state index in [4.69, 9.17) is 4.99 Å². The smallest absolute Gasteiger partial charge is 0.251 e. The molecule has 0 aromatic heterocycles. The molecule has 19 heavy (non-hydrogen) atoms. The van der Waals surface area contributed by atoms with E-state index in [0.29, 0.717) is 5.56 Å². The summed E-state index contributed by atoms with van der Waals surface area (Å²) in [6.07, 6.45) is 3.66. The van der Waals surface area contributed by atoms with E-state index >= 15 is 0 Å². The van der Waals surface area contributed by atoms with Gasteiger partial charge in [0.2, 0.25) is 0 Å². The van der Waals surface area contributed by atoms with Crippen LogP contribution in [0.4, 0.5) is 0 Å². The second-order valence-corrected chi connectivity index (χ2v) is 5.17. The Morgan fingerprint density at radius 2 is 2.11 bits per heavy atom. The second-order valence-electron chi connectivity index (χ2n) is 5.17. The molecule has 1 fully saturated rings. The lowest BCUT2D eigenvalue weighted by molar-refractivity contribution is 0.0963. The van der Waals surface area contributed by atoms with Gasteiger partial charge in [-0.2, -0.15) is 0 Å². The van der Waals surface area contributed by atoms with Crippen molar-refractivity contribution in [1.82, 2.24) is 10.2 Å². The van der Waals surface area contributed by atoms with E-state index in [1.54, 1.807) is 7.05 Å². The van der Waals surface area contributed by atoms with Gasteiger partial charge in [-0.1, -0.05) is 12.1 Å². The molecule has 2 aliphatic heterocycles. The van der Waals surface area contributed by atoms with Gasteiger partial charge in [0.05, 0.1) is 11.9 Å². The summed E-state index contributed by atoms with van der Waals surface area (Å²) in [5.41, 5.74) is 1.91. The van der Waals surface area contributed by atoms with Crippen LogP contribution in [0.25, 0.3) is 0 Å². The van der Waals surface area contributed by atoms with E-state index in [2.05, 4.69) is 10.2 Å². The fraction of sp³-hybridized carbons (Fsp3) is 0.467. The molecule has 2 aliphatic rings. The number of piperidine rings is 1. The summed E-state index contributed by atoms with van der Waals surface area (Å²) in [6.45, 7) is 2.14. The third-order valence-electron chi connectivity index (χ3n) is 3.93. The zero-order valence-electron chi connectivity index (χ0n) is 11.2. The molecule has 0 saturated carbocycles. The van der Waals surface area contributed by atoms with E-state index in [-0.39, 0.29) is 11.9 Å². The summed E-state index contributed by atoms with van der Waals surface area (Å²) in [7, 11) is 1.65. The minimum Gasteiger partial charge on any atom is -0.358 e. The fourth-order valence-corrected chi connectivity index (χ4v) is 2.83. The van der Waals surface area contributed by atoms with Crippen LogP contribution in [0.2, 0.25) is 0 Å². The van der Waals surface area contributed by atoms with E-state index in [1.165, 1.54) is 24.2 Å². The molecule has 3 rings (SSSR count). The maximum atomic E-state index is 11.5. The van der Waals surface area contributed by atoms with Crippen LogP contribution in [0.3, 0.4) is 0 Å². The first-order valence-corrected chi connectivity index (χ1v) is 6.91. The number of carbonyl (C=O) groups is 1. The largest absolute Gasteiger partial charge is 0.358 e. The first kappa shape index (κ1) is 12.2. The zero-order chi connectivity index (χ0) is 13.2. The molecule has 1 saturated heterocycles. The lowest BCUT2D eigenvalue weighted by Gasteiger charge is -2.25. The molecule has 1 N–H and O–H groups in total. The number of amides is 1. The molecule has 4 nitrogen and oxygen atoms in total. The number of amidine groups is 1. The normalized spacial score (nSPS) is 21.8. The Morgan fingerprint density at radius 1 is 1.32 bits per heavy atom. The molecule has 0 spiro atoms. The van der Waals surface area contributed by atoms with Gasteiger partial charge in [0.25, 0.3) is 5.91 Å². The number of hydrogen-bond donors (Lipinski definition) is 1. The average Bonchev–Trinajstić information content (AvgIpc) is 2.90. The zero-order valence-corrected chi connectivity index (χ0v) is 11.2. The van der Waals surface area contributed by atoms with E-state index in [9.17, 15) is 4.79 Å². The number of nitrogens with zero attached hydrogens (tertiary/aromatic N) is 2. The number of nitrogens with one attached hydrogen (secondary N) is 1. The molecular weight excluding hydrogens is 238 g/mol. The summed E-state index contributed by atoms with van der Waals surface area (Å²) in [6, 6.07) is 8.05. The highest BCUT2D eigenvalue weighted by molar-refractivity contribution is 5.94. The third-order valence-corrected chi connectivity index (χ3v) is 3.93. The highest BCUT2D eigenvalue weighted by Gasteiger charge is 2.27. The SMILES string of the molecule is CNC(=O)c1ccc(C2CN3CCCCC3=N2)cc1. The van der Waals surface area contributed by atoms with E-state index in [0.717, 1.165) is 19.5 Å². The molecule has 0 aliphatic carbocycles. The molecular formula is C15H19N3O.